The molecule has 8 atom stereocenters. The Morgan fingerprint density at radius 2 is 1.55 bits per heavy atom. The number of rotatable bonds is 8. The molecule has 3 fully saturated rings. The molecule has 7 unspecified atom stereocenters. The second kappa shape index (κ2) is 10.9. The van der Waals surface area contributed by atoms with E-state index in [9.17, 15) is 8.78 Å². The number of hydrogen-bond donors (Lipinski definition) is 0. The molecule has 3 rings (SSSR count). The van der Waals surface area contributed by atoms with Gasteiger partial charge in [0.15, 0.2) is 0 Å². The summed E-state index contributed by atoms with van der Waals surface area (Å²) in [4.78, 5) is 0. The van der Waals surface area contributed by atoms with Crippen LogP contribution in [0.15, 0.2) is 0 Å². The first-order valence-corrected chi connectivity index (χ1v) is 12.4. The zero-order valence-corrected chi connectivity index (χ0v) is 18.8. The topological polar surface area (TPSA) is 9.23 Å². The van der Waals surface area contributed by atoms with Gasteiger partial charge in [-0.15, -0.1) is 0 Å². The highest BCUT2D eigenvalue weighted by molar-refractivity contribution is 5.02. The molecule has 0 N–H and O–H groups in total. The highest BCUT2D eigenvalue weighted by Crippen LogP contribution is 2.51. The minimum atomic E-state index is -1.66. The number of alkyl halides is 3. The predicted molar refractivity (Wildman–Crippen MR) is 113 cm³/mol. The molecule has 0 bridgehead atoms. The van der Waals surface area contributed by atoms with E-state index in [4.69, 9.17) is 4.74 Å². The molecule has 3 saturated carbocycles. The Kier molecular flexibility index (Phi) is 8.77. The van der Waals surface area contributed by atoms with Gasteiger partial charge in [-0.3, -0.25) is 0 Å². The maximum atomic E-state index is 15.1. The molecule has 3 aliphatic rings. The third-order valence-electron chi connectivity index (χ3n) is 8.64. The second-order valence-corrected chi connectivity index (χ2v) is 10.5. The van der Waals surface area contributed by atoms with Gasteiger partial charge in [-0.05, 0) is 61.7 Å². The lowest BCUT2D eigenvalue weighted by molar-refractivity contribution is -0.124. The molecule has 170 valence electrons. The van der Waals surface area contributed by atoms with E-state index in [1.165, 1.54) is 52.1 Å². The molecule has 1 nitrogen and oxygen atoms in total. The Labute approximate surface area is 176 Å². The highest BCUT2D eigenvalue weighted by Gasteiger charge is 2.54. The SMILES string of the molecule is CCCC(C)CCCC1CCC([C@@H]2CC3CCC(OC)C(F)C3C(F)C2F)CC1. The van der Waals surface area contributed by atoms with E-state index >= 15 is 4.39 Å². The van der Waals surface area contributed by atoms with Crippen LogP contribution >= 0.6 is 0 Å². The third-order valence-corrected chi connectivity index (χ3v) is 8.64. The fourth-order valence-corrected chi connectivity index (χ4v) is 6.87. The molecule has 3 aliphatic carbocycles. The van der Waals surface area contributed by atoms with Crippen LogP contribution in [0.1, 0.15) is 90.9 Å². The average Bonchev–Trinajstić information content (AvgIpc) is 2.71. The average molecular weight is 417 g/mol. The number of hydrogen-bond acceptors (Lipinski definition) is 1. The molecule has 0 spiro atoms. The first-order valence-electron chi connectivity index (χ1n) is 12.4. The van der Waals surface area contributed by atoms with E-state index in [0.717, 1.165) is 31.1 Å². The summed E-state index contributed by atoms with van der Waals surface area (Å²) in [6.45, 7) is 4.61. The summed E-state index contributed by atoms with van der Waals surface area (Å²) >= 11 is 0. The van der Waals surface area contributed by atoms with E-state index in [0.29, 0.717) is 12.8 Å². The van der Waals surface area contributed by atoms with Gasteiger partial charge < -0.3 is 4.74 Å². The summed E-state index contributed by atoms with van der Waals surface area (Å²) in [5, 5.41) is 0. The molecule has 0 heterocycles. The van der Waals surface area contributed by atoms with Gasteiger partial charge >= 0.3 is 0 Å². The standard InChI is InChI=1S/C25H43F3O/c1-4-6-16(2)7-5-8-17-9-11-18(12-10-17)20-15-19-13-14-21(29-3)24(27)22(19)25(28)23(20)26/h16-25H,4-15H2,1-3H3/t16?,17?,18?,19?,20-,21?,22?,23?,24?,25?/m0/s1. The summed E-state index contributed by atoms with van der Waals surface area (Å²) in [6, 6.07) is 0. The van der Waals surface area contributed by atoms with Crippen molar-refractivity contribution in [2.24, 2.45) is 35.5 Å². The van der Waals surface area contributed by atoms with Gasteiger partial charge in [0.05, 0.1) is 6.10 Å². The zero-order valence-electron chi connectivity index (χ0n) is 18.8. The summed E-state index contributed by atoms with van der Waals surface area (Å²) in [5.74, 6) is 0.860. The fraction of sp³-hybridized carbons (Fsp3) is 1.00. The van der Waals surface area contributed by atoms with Crippen molar-refractivity contribution in [1.29, 1.82) is 0 Å². The van der Waals surface area contributed by atoms with E-state index in [-0.39, 0.29) is 17.8 Å². The van der Waals surface area contributed by atoms with Crippen LogP contribution in [-0.2, 0) is 4.74 Å². The maximum absolute atomic E-state index is 15.1. The molecule has 4 heteroatoms. The van der Waals surface area contributed by atoms with E-state index in [1.54, 1.807) is 0 Å². The number of ether oxygens (including phenoxy) is 1. The van der Waals surface area contributed by atoms with Gasteiger partial charge in [0.25, 0.3) is 0 Å². The normalized spacial score (nSPS) is 44.3. The molecule has 0 aromatic heterocycles. The Hall–Kier alpha value is -0.250. The van der Waals surface area contributed by atoms with Crippen molar-refractivity contribution in [2.45, 2.75) is 116 Å². The fourth-order valence-electron chi connectivity index (χ4n) is 6.87. The molecule has 29 heavy (non-hydrogen) atoms. The van der Waals surface area contributed by atoms with Crippen LogP contribution in [0.5, 0.6) is 0 Å². The summed E-state index contributed by atoms with van der Waals surface area (Å²) in [7, 11) is 1.48. The number of fused-ring (bicyclic) bond motifs is 1. The Bertz CT molecular complexity index is 477. The zero-order chi connectivity index (χ0) is 21.0. The van der Waals surface area contributed by atoms with Gasteiger partial charge in [-0.25, -0.2) is 13.2 Å². The van der Waals surface area contributed by atoms with Crippen LogP contribution in [0.25, 0.3) is 0 Å². The van der Waals surface area contributed by atoms with Gasteiger partial charge in [0, 0.05) is 13.0 Å². The Balaban J connectivity index is 1.47. The van der Waals surface area contributed by atoms with Gasteiger partial charge in [0.1, 0.15) is 18.5 Å². The Morgan fingerprint density at radius 3 is 2.21 bits per heavy atom. The smallest absolute Gasteiger partial charge is 0.137 e. The quantitative estimate of drug-likeness (QED) is 0.399. The van der Waals surface area contributed by atoms with Gasteiger partial charge in [-0.1, -0.05) is 58.8 Å². The maximum Gasteiger partial charge on any atom is 0.137 e. The number of halogens is 3. The minimum absolute atomic E-state index is 0.0128. The predicted octanol–water partition coefficient (Wildman–Crippen LogP) is 7.47. The van der Waals surface area contributed by atoms with Crippen LogP contribution in [0.4, 0.5) is 13.2 Å². The van der Waals surface area contributed by atoms with E-state index < -0.39 is 30.5 Å². The largest absolute Gasteiger partial charge is 0.378 e. The van der Waals surface area contributed by atoms with Crippen molar-refractivity contribution < 1.29 is 17.9 Å². The Morgan fingerprint density at radius 1 is 0.862 bits per heavy atom. The van der Waals surface area contributed by atoms with Gasteiger partial charge in [-0.2, -0.15) is 0 Å². The highest BCUT2D eigenvalue weighted by atomic mass is 19.2. The first-order chi connectivity index (χ1) is 14.0. The van der Waals surface area contributed by atoms with Crippen LogP contribution in [0, 0.1) is 35.5 Å². The molecule has 0 aromatic rings. The minimum Gasteiger partial charge on any atom is -0.378 e. The van der Waals surface area contributed by atoms with E-state index in [1.807, 2.05) is 0 Å². The van der Waals surface area contributed by atoms with E-state index in [2.05, 4.69) is 13.8 Å². The van der Waals surface area contributed by atoms with Crippen molar-refractivity contribution in [1.82, 2.24) is 0 Å². The van der Waals surface area contributed by atoms with Crippen LogP contribution in [0.2, 0.25) is 0 Å². The molecule has 0 aliphatic heterocycles. The van der Waals surface area contributed by atoms with Gasteiger partial charge in [0.2, 0.25) is 0 Å². The number of methoxy groups -OCH3 is 1. The van der Waals surface area contributed by atoms with Crippen LogP contribution in [-0.4, -0.2) is 31.7 Å². The second-order valence-electron chi connectivity index (χ2n) is 10.5. The summed E-state index contributed by atoms with van der Waals surface area (Å²) in [6.07, 6.45) is 7.91. The van der Waals surface area contributed by atoms with Crippen molar-refractivity contribution >= 4 is 0 Å². The molecular weight excluding hydrogens is 373 g/mol. The lowest BCUT2D eigenvalue weighted by Gasteiger charge is -2.49. The first kappa shape index (κ1) is 23.4. The molecular formula is C25H43F3O. The molecule has 0 radical (unpaired) electrons. The van der Waals surface area contributed by atoms with Crippen molar-refractivity contribution in [3.8, 4) is 0 Å². The summed E-state index contributed by atoms with van der Waals surface area (Å²) in [5.41, 5.74) is 0. The van der Waals surface area contributed by atoms with Crippen molar-refractivity contribution in [3.63, 3.8) is 0 Å². The molecule has 0 saturated heterocycles. The lowest BCUT2D eigenvalue weighted by atomic mass is 9.60. The summed E-state index contributed by atoms with van der Waals surface area (Å²) < 4.78 is 50.0. The molecule has 0 aromatic carbocycles. The monoisotopic (exact) mass is 416 g/mol. The van der Waals surface area contributed by atoms with Crippen molar-refractivity contribution in [3.05, 3.63) is 0 Å². The van der Waals surface area contributed by atoms with Crippen LogP contribution in [0.3, 0.4) is 0 Å². The van der Waals surface area contributed by atoms with Crippen LogP contribution < -0.4 is 0 Å². The third kappa shape index (κ3) is 5.52. The molecule has 0 amide bonds. The van der Waals surface area contributed by atoms with Crippen molar-refractivity contribution in [2.75, 3.05) is 7.11 Å². The lowest BCUT2D eigenvalue weighted by Crippen LogP contribution is -2.54.